The Hall–Kier alpha value is -1.91. The van der Waals surface area contributed by atoms with E-state index in [0.29, 0.717) is 12.8 Å². The Labute approximate surface area is 103 Å². The average Bonchev–Trinajstić information content (AvgIpc) is 2.33. The lowest BCUT2D eigenvalue weighted by atomic mass is 9.77. The van der Waals surface area contributed by atoms with Crippen LogP contribution in [-0.4, -0.2) is 28.3 Å². The first kappa shape index (κ1) is 12.5. The molecule has 0 amide bonds. The van der Waals surface area contributed by atoms with Gasteiger partial charge in [0.15, 0.2) is 0 Å². The van der Waals surface area contributed by atoms with Gasteiger partial charge in [0.2, 0.25) is 0 Å². The van der Waals surface area contributed by atoms with Gasteiger partial charge in [0.05, 0.1) is 11.1 Å². The summed E-state index contributed by atoms with van der Waals surface area (Å²) in [5.41, 5.74) is 0.132. The summed E-state index contributed by atoms with van der Waals surface area (Å²) in [4.78, 5) is 22.2. The number of aromatic carboxylic acids is 2. The van der Waals surface area contributed by atoms with E-state index in [0.717, 1.165) is 0 Å². The molecule has 0 bridgehead atoms. The van der Waals surface area contributed by atoms with Crippen molar-refractivity contribution in [1.82, 2.24) is 0 Å². The Kier molecular flexibility index (Phi) is 3.32. The summed E-state index contributed by atoms with van der Waals surface area (Å²) >= 11 is 0. The third-order valence-corrected chi connectivity index (χ3v) is 3.43. The number of carboxylic acids is 2. The maximum atomic E-state index is 13.2. The van der Waals surface area contributed by atoms with Crippen LogP contribution in [0.15, 0.2) is 18.2 Å². The summed E-state index contributed by atoms with van der Waals surface area (Å²) in [5.74, 6) is -2.62. The first-order valence-electron chi connectivity index (χ1n) is 5.73. The fourth-order valence-corrected chi connectivity index (χ4v) is 2.23. The van der Waals surface area contributed by atoms with Crippen LogP contribution in [0.4, 0.5) is 4.39 Å². The molecule has 0 radical (unpaired) electrons. The van der Waals surface area contributed by atoms with Gasteiger partial charge in [-0.1, -0.05) is 6.07 Å². The van der Waals surface area contributed by atoms with Crippen LogP contribution in [0.25, 0.3) is 0 Å². The van der Waals surface area contributed by atoms with E-state index >= 15 is 0 Å². The monoisotopic (exact) mass is 252 g/mol. The zero-order valence-electron chi connectivity index (χ0n) is 9.60. The third kappa shape index (κ3) is 2.20. The fourth-order valence-electron chi connectivity index (χ4n) is 2.23. The lowest BCUT2D eigenvalue weighted by molar-refractivity contribution is 0.0688. The van der Waals surface area contributed by atoms with E-state index in [4.69, 9.17) is 10.2 Å². The Morgan fingerprint density at radius 1 is 1.17 bits per heavy atom. The van der Waals surface area contributed by atoms with Crippen LogP contribution in [0, 0.1) is 5.92 Å². The van der Waals surface area contributed by atoms with Crippen LogP contribution in [0.5, 0.6) is 0 Å². The van der Waals surface area contributed by atoms with Crippen molar-refractivity contribution in [3.8, 4) is 0 Å². The molecule has 18 heavy (non-hydrogen) atoms. The van der Waals surface area contributed by atoms with Crippen LogP contribution < -0.4 is 0 Å². The molecule has 0 heterocycles. The minimum Gasteiger partial charge on any atom is -0.478 e. The molecule has 1 fully saturated rings. The molecule has 1 aliphatic carbocycles. The molecule has 2 atom stereocenters. The lowest BCUT2D eigenvalue weighted by Gasteiger charge is -2.31. The molecule has 1 saturated carbocycles. The van der Waals surface area contributed by atoms with Crippen molar-refractivity contribution in [2.24, 2.45) is 5.92 Å². The summed E-state index contributed by atoms with van der Waals surface area (Å²) in [6.45, 7) is 0. The number of carboxylic acid groups (broad SMARTS) is 2. The van der Waals surface area contributed by atoms with Crippen molar-refractivity contribution < 1.29 is 24.2 Å². The van der Waals surface area contributed by atoms with Crippen molar-refractivity contribution in [3.63, 3.8) is 0 Å². The van der Waals surface area contributed by atoms with Crippen LogP contribution in [-0.2, 0) is 6.42 Å². The fraction of sp³-hybridized carbons (Fsp3) is 0.385. The molecule has 0 spiro atoms. The molecule has 0 aliphatic heterocycles. The number of rotatable bonds is 4. The Morgan fingerprint density at radius 3 is 2.06 bits per heavy atom. The van der Waals surface area contributed by atoms with Gasteiger partial charge in [0.25, 0.3) is 0 Å². The largest absolute Gasteiger partial charge is 0.478 e. The topological polar surface area (TPSA) is 74.6 Å². The van der Waals surface area contributed by atoms with Gasteiger partial charge in [-0.15, -0.1) is 0 Å². The first-order valence-corrected chi connectivity index (χ1v) is 5.73. The second-order valence-corrected chi connectivity index (χ2v) is 4.50. The Morgan fingerprint density at radius 2 is 1.72 bits per heavy atom. The second kappa shape index (κ2) is 4.76. The highest BCUT2D eigenvalue weighted by Crippen LogP contribution is 2.34. The van der Waals surface area contributed by atoms with E-state index in [1.54, 1.807) is 0 Å². The number of hydrogen-bond donors (Lipinski definition) is 2. The van der Waals surface area contributed by atoms with E-state index < -0.39 is 18.1 Å². The summed E-state index contributed by atoms with van der Waals surface area (Å²) in [6, 6.07) is 4.11. The standard InChI is InChI=1S/C13H13FO4/c14-11-5-4-7(11)6-10-8(12(15)16)2-1-3-9(10)13(17)18/h1-3,7,11H,4-6H2,(H,15,16)(H,17,18). The molecule has 4 nitrogen and oxygen atoms in total. The summed E-state index contributed by atoms with van der Waals surface area (Å²) in [5, 5.41) is 18.1. The van der Waals surface area contributed by atoms with Crippen molar-refractivity contribution >= 4 is 11.9 Å². The molecule has 1 aliphatic rings. The summed E-state index contributed by atoms with van der Waals surface area (Å²) in [6.07, 6.45) is 0.371. The van der Waals surface area contributed by atoms with Gasteiger partial charge in [-0.2, -0.15) is 0 Å². The predicted octanol–water partition coefficient (Wildman–Crippen LogP) is 2.37. The van der Waals surface area contributed by atoms with E-state index in [1.165, 1.54) is 18.2 Å². The zero-order chi connectivity index (χ0) is 13.3. The molecule has 2 rings (SSSR count). The SMILES string of the molecule is O=C(O)c1cccc(C(=O)O)c1CC1CCC1F. The maximum Gasteiger partial charge on any atom is 0.335 e. The van der Waals surface area contributed by atoms with Gasteiger partial charge in [0, 0.05) is 0 Å². The highest BCUT2D eigenvalue weighted by molar-refractivity contribution is 5.96. The highest BCUT2D eigenvalue weighted by Gasteiger charge is 2.33. The quantitative estimate of drug-likeness (QED) is 0.862. The third-order valence-electron chi connectivity index (χ3n) is 3.43. The van der Waals surface area contributed by atoms with Gasteiger partial charge in [-0.25, -0.2) is 14.0 Å². The van der Waals surface area contributed by atoms with E-state index in [9.17, 15) is 14.0 Å². The smallest absolute Gasteiger partial charge is 0.335 e. The maximum absolute atomic E-state index is 13.2. The molecule has 0 aromatic heterocycles. The Balaban J connectivity index is 2.39. The normalized spacial score (nSPS) is 22.3. The minimum absolute atomic E-state index is 0.0472. The molecule has 2 N–H and O–H groups in total. The lowest BCUT2D eigenvalue weighted by Crippen LogP contribution is -2.30. The van der Waals surface area contributed by atoms with Crippen LogP contribution in [0.2, 0.25) is 0 Å². The van der Waals surface area contributed by atoms with E-state index in [-0.39, 0.29) is 29.0 Å². The molecule has 5 heteroatoms. The van der Waals surface area contributed by atoms with Gasteiger partial charge in [-0.05, 0) is 42.9 Å². The van der Waals surface area contributed by atoms with Crippen molar-refractivity contribution in [3.05, 3.63) is 34.9 Å². The van der Waals surface area contributed by atoms with Gasteiger partial charge < -0.3 is 10.2 Å². The zero-order valence-corrected chi connectivity index (χ0v) is 9.60. The van der Waals surface area contributed by atoms with Crippen LogP contribution in [0.1, 0.15) is 39.1 Å². The molecule has 0 saturated heterocycles. The molecule has 1 aromatic rings. The number of benzene rings is 1. The van der Waals surface area contributed by atoms with Crippen molar-refractivity contribution in [2.75, 3.05) is 0 Å². The van der Waals surface area contributed by atoms with Gasteiger partial charge in [0.1, 0.15) is 6.17 Å². The Bertz CT molecular complexity index is 466. The van der Waals surface area contributed by atoms with Crippen molar-refractivity contribution in [1.29, 1.82) is 0 Å². The number of hydrogen-bond acceptors (Lipinski definition) is 2. The number of alkyl halides is 1. The second-order valence-electron chi connectivity index (χ2n) is 4.50. The molecule has 1 aromatic carbocycles. The number of halogens is 1. The van der Waals surface area contributed by atoms with E-state index in [1.807, 2.05) is 0 Å². The molecule has 2 unspecified atom stereocenters. The van der Waals surface area contributed by atoms with Gasteiger partial charge in [-0.3, -0.25) is 0 Å². The summed E-state index contributed by atoms with van der Waals surface area (Å²) in [7, 11) is 0. The average molecular weight is 252 g/mol. The minimum atomic E-state index is -1.18. The van der Waals surface area contributed by atoms with Gasteiger partial charge >= 0.3 is 11.9 Å². The van der Waals surface area contributed by atoms with E-state index in [2.05, 4.69) is 0 Å². The molecular formula is C13H13FO4. The molecular weight excluding hydrogens is 239 g/mol. The number of carbonyl (C=O) groups is 2. The molecule has 96 valence electrons. The predicted molar refractivity (Wildman–Crippen MR) is 61.7 cm³/mol. The van der Waals surface area contributed by atoms with Crippen molar-refractivity contribution in [2.45, 2.75) is 25.4 Å². The first-order chi connectivity index (χ1) is 8.50. The highest BCUT2D eigenvalue weighted by atomic mass is 19.1. The summed E-state index contributed by atoms with van der Waals surface area (Å²) < 4.78 is 13.2. The van der Waals surface area contributed by atoms with Crippen LogP contribution in [0.3, 0.4) is 0 Å². The van der Waals surface area contributed by atoms with Crippen LogP contribution >= 0.6 is 0 Å².